The standard InChI is InChI=1S/C22H36N2O3/c1-4-5-11-16-26-21-15-10-9-13-19(21)23-22(25)27-20-14-8-6-7-12-18(20)17-24(2)3/h9-10,13,15,18,20H,4-8,11-12,14,16-17H2,1-3H3,(H,23,25)/t18-,20-/m1/s1. The van der Waals surface area contributed by atoms with E-state index in [1.54, 1.807) is 0 Å². The van der Waals surface area contributed by atoms with Gasteiger partial charge in [0, 0.05) is 12.5 Å². The van der Waals surface area contributed by atoms with Gasteiger partial charge in [0.1, 0.15) is 11.9 Å². The highest BCUT2D eigenvalue weighted by Crippen LogP contribution is 2.28. The number of ether oxygens (including phenoxy) is 2. The van der Waals surface area contributed by atoms with Crippen LogP contribution in [0, 0.1) is 5.92 Å². The van der Waals surface area contributed by atoms with E-state index in [0.717, 1.165) is 45.1 Å². The molecule has 1 aromatic carbocycles. The number of amides is 1. The maximum absolute atomic E-state index is 12.6. The maximum atomic E-state index is 12.6. The number of nitrogens with one attached hydrogen (secondary N) is 1. The van der Waals surface area contributed by atoms with Crippen molar-refractivity contribution in [2.45, 2.75) is 64.4 Å². The monoisotopic (exact) mass is 376 g/mol. The molecule has 2 atom stereocenters. The van der Waals surface area contributed by atoms with Crippen molar-refractivity contribution in [3.63, 3.8) is 0 Å². The van der Waals surface area contributed by atoms with Crippen LogP contribution in [0.5, 0.6) is 5.75 Å². The highest BCUT2D eigenvalue weighted by molar-refractivity contribution is 5.86. The van der Waals surface area contributed by atoms with Gasteiger partial charge in [-0.05, 0) is 51.9 Å². The van der Waals surface area contributed by atoms with Crippen molar-refractivity contribution in [1.29, 1.82) is 0 Å². The highest BCUT2D eigenvalue weighted by Gasteiger charge is 2.27. The Kier molecular flexibility index (Phi) is 9.46. The fourth-order valence-corrected chi connectivity index (χ4v) is 3.69. The number of rotatable bonds is 9. The Hall–Kier alpha value is -1.75. The number of para-hydroxylation sites is 2. The third-order valence-corrected chi connectivity index (χ3v) is 5.08. The minimum absolute atomic E-state index is 0.0208. The molecule has 1 aliphatic carbocycles. The molecule has 1 saturated carbocycles. The highest BCUT2D eigenvalue weighted by atomic mass is 16.6. The zero-order valence-corrected chi connectivity index (χ0v) is 17.2. The third-order valence-electron chi connectivity index (χ3n) is 5.08. The molecule has 1 N–H and O–H groups in total. The lowest BCUT2D eigenvalue weighted by molar-refractivity contribution is 0.0569. The van der Waals surface area contributed by atoms with Crippen molar-refractivity contribution < 1.29 is 14.3 Å². The first kappa shape index (κ1) is 21.5. The Balaban J connectivity index is 1.93. The van der Waals surface area contributed by atoms with E-state index in [4.69, 9.17) is 9.47 Å². The van der Waals surface area contributed by atoms with Gasteiger partial charge >= 0.3 is 6.09 Å². The smallest absolute Gasteiger partial charge is 0.412 e. The van der Waals surface area contributed by atoms with Crippen LogP contribution in [0.4, 0.5) is 10.5 Å². The van der Waals surface area contributed by atoms with Gasteiger partial charge in [-0.2, -0.15) is 0 Å². The molecule has 27 heavy (non-hydrogen) atoms. The van der Waals surface area contributed by atoms with Crippen molar-refractivity contribution in [3.05, 3.63) is 24.3 Å². The lowest BCUT2D eigenvalue weighted by Crippen LogP contribution is -2.34. The molecule has 0 bridgehead atoms. The summed E-state index contributed by atoms with van der Waals surface area (Å²) in [7, 11) is 4.16. The summed E-state index contributed by atoms with van der Waals surface area (Å²) in [5.41, 5.74) is 0.678. The molecule has 1 amide bonds. The Morgan fingerprint density at radius 3 is 2.70 bits per heavy atom. The molecule has 0 saturated heterocycles. The number of carbonyl (C=O) groups is 1. The Bertz CT molecular complexity index is 562. The summed E-state index contributed by atoms with van der Waals surface area (Å²) in [6, 6.07) is 7.57. The first-order valence-electron chi connectivity index (χ1n) is 10.4. The van der Waals surface area contributed by atoms with Gasteiger partial charge in [0.05, 0.1) is 12.3 Å². The summed E-state index contributed by atoms with van der Waals surface area (Å²) in [5.74, 6) is 1.10. The Morgan fingerprint density at radius 2 is 1.93 bits per heavy atom. The zero-order valence-electron chi connectivity index (χ0n) is 17.2. The van der Waals surface area contributed by atoms with Gasteiger partial charge in [0.2, 0.25) is 0 Å². The van der Waals surface area contributed by atoms with E-state index in [2.05, 4.69) is 31.2 Å². The number of benzene rings is 1. The second-order valence-electron chi connectivity index (χ2n) is 7.78. The molecular formula is C22H36N2O3. The second-order valence-corrected chi connectivity index (χ2v) is 7.78. The van der Waals surface area contributed by atoms with Gasteiger partial charge < -0.3 is 14.4 Å². The average molecular weight is 377 g/mol. The van der Waals surface area contributed by atoms with E-state index in [-0.39, 0.29) is 12.2 Å². The van der Waals surface area contributed by atoms with Crippen molar-refractivity contribution in [2.24, 2.45) is 5.92 Å². The minimum Gasteiger partial charge on any atom is -0.491 e. The number of hydrogen-bond acceptors (Lipinski definition) is 4. The predicted octanol–water partition coefficient (Wildman–Crippen LogP) is 5.31. The van der Waals surface area contributed by atoms with E-state index < -0.39 is 0 Å². The molecule has 0 aromatic heterocycles. The van der Waals surface area contributed by atoms with E-state index in [1.807, 2.05) is 24.3 Å². The molecule has 5 heteroatoms. The van der Waals surface area contributed by atoms with Crippen molar-refractivity contribution >= 4 is 11.8 Å². The van der Waals surface area contributed by atoms with Gasteiger partial charge in [0.25, 0.3) is 0 Å². The SMILES string of the molecule is CCCCCOc1ccccc1NC(=O)O[C@@H]1CCCCC[C@@H]1CN(C)C. The van der Waals surface area contributed by atoms with E-state index >= 15 is 0 Å². The second kappa shape index (κ2) is 11.9. The molecule has 0 spiro atoms. The molecule has 5 nitrogen and oxygen atoms in total. The number of nitrogens with zero attached hydrogens (tertiary/aromatic N) is 1. The predicted molar refractivity (Wildman–Crippen MR) is 110 cm³/mol. The Morgan fingerprint density at radius 1 is 1.15 bits per heavy atom. The average Bonchev–Trinajstić information content (AvgIpc) is 2.85. The van der Waals surface area contributed by atoms with Crippen LogP contribution in [0.2, 0.25) is 0 Å². The fourth-order valence-electron chi connectivity index (χ4n) is 3.69. The molecule has 0 unspecified atom stereocenters. The lowest BCUT2D eigenvalue weighted by atomic mass is 9.97. The molecule has 2 rings (SSSR count). The van der Waals surface area contributed by atoms with Crippen LogP contribution < -0.4 is 10.1 Å². The first-order chi connectivity index (χ1) is 13.1. The number of anilines is 1. The summed E-state index contributed by atoms with van der Waals surface area (Å²) in [6.45, 7) is 3.78. The molecule has 1 fully saturated rings. The molecule has 0 radical (unpaired) electrons. The topological polar surface area (TPSA) is 50.8 Å². The number of hydrogen-bond donors (Lipinski definition) is 1. The molecule has 1 aromatic rings. The molecule has 152 valence electrons. The van der Waals surface area contributed by atoms with Crippen LogP contribution >= 0.6 is 0 Å². The number of unbranched alkanes of at least 4 members (excludes halogenated alkanes) is 2. The van der Waals surface area contributed by atoms with Crippen LogP contribution in [0.3, 0.4) is 0 Å². The van der Waals surface area contributed by atoms with Gasteiger partial charge in [-0.25, -0.2) is 4.79 Å². The summed E-state index contributed by atoms with van der Waals surface area (Å²) in [5, 5.41) is 2.89. The summed E-state index contributed by atoms with van der Waals surface area (Å²) in [4.78, 5) is 14.7. The molecule has 0 aliphatic heterocycles. The molecule has 0 heterocycles. The minimum atomic E-state index is -0.379. The molecule has 1 aliphatic rings. The van der Waals surface area contributed by atoms with E-state index in [0.29, 0.717) is 24.0 Å². The van der Waals surface area contributed by atoms with Gasteiger partial charge in [-0.1, -0.05) is 44.7 Å². The van der Waals surface area contributed by atoms with Crippen LogP contribution in [0.15, 0.2) is 24.3 Å². The largest absolute Gasteiger partial charge is 0.491 e. The Labute approximate surface area is 164 Å². The van der Waals surface area contributed by atoms with Gasteiger partial charge in [0.15, 0.2) is 0 Å². The first-order valence-corrected chi connectivity index (χ1v) is 10.4. The quantitative estimate of drug-likeness (QED) is 0.468. The van der Waals surface area contributed by atoms with Gasteiger partial charge in [-0.3, -0.25) is 5.32 Å². The number of carbonyl (C=O) groups excluding carboxylic acids is 1. The zero-order chi connectivity index (χ0) is 19.5. The lowest BCUT2D eigenvalue weighted by Gasteiger charge is -2.27. The maximum Gasteiger partial charge on any atom is 0.412 e. The summed E-state index contributed by atoms with van der Waals surface area (Å²) >= 11 is 0. The van der Waals surface area contributed by atoms with Crippen LogP contribution in [-0.4, -0.2) is 44.3 Å². The van der Waals surface area contributed by atoms with Crippen molar-refractivity contribution in [1.82, 2.24) is 4.90 Å². The summed E-state index contributed by atoms with van der Waals surface area (Å²) < 4.78 is 11.7. The third kappa shape index (κ3) is 7.79. The van der Waals surface area contributed by atoms with E-state index in [9.17, 15) is 4.79 Å². The normalized spacial score (nSPS) is 20.1. The molecular weight excluding hydrogens is 340 g/mol. The van der Waals surface area contributed by atoms with Crippen molar-refractivity contribution in [3.8, 4) is 5.75 Å². The van der Waals surface area contributed by atoms with Crippen LogP contribution in [0.25, 0.3) is 0 Å². The fraction of sp³-hybridized carbons (Fsp3) is 0.682. The van der Waals surface area contributed by atoms with Gasteiger partial charge in [-0.15, -0.1) is 0 Å². The van der Waals surface area contributed by atoms with Crippen LogP contribution in [0.1, 0.15) is 58.3 Å². The summed E-state index contributed by atoms with van der Waals surface area (Å²) in [6.07, 6.45) is 8.55. The van der Waals surface area contributed by atoms with Crippen LogP contribution in [-0.2, 0) is 4.74 Å². The van der Waals surface area contributed by atoms with E-state index in [1.165, 1.54) is 12.8 Å². The van der Waals surface area contributed by atoms with Crippen molar-refractivity contribution in [2.75, 3.05) is 32.6 Å².